The predicted octanol–water partition coefficient (Wildman–Crippen LogP) is 4.97. The van der Waals surface area contributed by atoms with E-state index in [1.165, 1.54) is 13.2 Å². The molecule has 0 spiro atoms. The lowest BCUT2D eigenvalue weighted by molar-refractivity contribution is -0.127. The van der Waals surface area contributed by atoms with Gasteiger partial charge in [0.1, 0.15) is 12.3 Å². The van der Waals surface area contributed by atoms with Crippen LogP contribution in [0.2, 0.25) is 5.02 Å². The molecule has 0 saturated carbocycles. The van der Waals surface area contributed by atoms with E-state index in [4.69, 9.17) is 16.3 Å². The average Bonchev–Trinajstić information content (AvgIpc) is 2.96. The van der Waals surface area contributed by atoms with Crippen LogP contribution < -0.4 is 10.1 Å². The van der Waals surface area contributed by atoms with Gasteiger partial charge in [-0.05, 0) is 54.1 Å². The van der Waals surface area contributed by atoms with Gasteiger partial charge in [0.05, 0.1) is 17.0 Å². The van der Waals surface area contributed by atoms with E-state index in [1.807, 2.05) is 43.3 Å². The first-order chi connectivity index (χ1) is 14.4. The lowest BCUT2D eigenvalue weighted by Gasteiger charge is -2.13. The number of nitrogens with one attached hydrogen (secondary N) is 1. The molecule has 1 heterocycles. The molecule has 8 heteroatoms. The van der Waals surface area contributed by atoms with Crippen molar-refractivity contribution >= 4 is 52.2 Å². The third-order valence-electron chi connectivity index (χ3n) is 4.16. The fourth-order valence-corrected chi connectivity index (χ4v) is 3.93. The monoisotopic (exact) mass is 442 g/mol. The number of carbonyl (C=O) groups is 3. The number of hydrogen-bond donors (Lipinski definition) is 1. The molecule has 1 aliphatic rings. The number of thioether (sulfide) groups is 1. The summed E-state index contributed by atoms with van der Waals surface area (Å²) in [6, 6.07) is 14.4. The standard InChI is InChI=1S/C22H19ClN2O4S/c1-14(10-15-6-4-3-5-7-15)11-19-21(27)25(22(28)30-19)13-20(26)24-16-8-9-18(29-2)17(23)12-16/h3-12H,13H2,1-2H3,(H,24,26). The molecule has 0 atom stereocenters. The summed E-state index contributed by atoms with van der Waals surface area (Å²) in [6.07, 6.45) is 3.56. The molecule has 2 aromatic rings. The van der Waals surface area contributed by atoms with Crippen LogP contribution in [0.4, 0.5) is 10.5 Å². The van der Waals surface area contributed by atoms with Gasteiger partial charge >= 0.3 is 0 Å². The maximum atomic E-state index is 12.6. The van der Waals surface area contributed by atoms with E-state index in [0.717, 1.165) is 27.8 Å². The predicted molar refractivity (Wildman–Crippen MR) is 120 cm³/mol. The number of amides is 3. The van der Waals surface area contributed by atoms with Crippen LogP contribution in [0.5, 0.6) is 5.75 Å². The molecule has 30 heavy (non-hydrogen) atoms. The number of halogens is 1. The molecule has 0 aliphatic carbocycles. The van der Waals surface area contributed by atoms with Crippen LogP contribution in [0.3, 0.4) is 0 Å². The van der Waals surface area contributed by atoms with Gasteiger partial charge in [0.2, 0.25) is 5.91 Å². The van der Waals surface area contributed by atoms with Crippen molar-refractivity contribution in [2.75, 3.05) is 19.0 Å². The quantitative estimate of drug-likeness (QED) is 0.639. The highest BCUT2D eigenvalue weighted by Gasteiger charge is 2.36. The fourth-order valence-electron chi connectivity index (χ4n) is 2.79. The maximum absolute atomic E-state index is 12.6. The van der Waals surface area contributed by atoms with E-state index in [-0.39, 0.29) is 11.4 Å². The Morgan fingerprint density at radius 3 is 2.60 bits per heavy atom. The lowest BCUT2D eigenvalue weighted by atomic mass is 10.1. The zero-order valence-corrected chi connectivity index (χ0v) is 17.9. The van der Waals surface area contributed by atoms with Crippen molar-refractivity contribution in [2.45, 2.75) is 6.92 Å². The summed E-state index contributed by atoms with van der Waals surface area (Å²) in [7, 11) is 1.49. The topological polar surface area (TPSA) is 75.7 Å². The Kier molecular flexibility index (Phi) is 6.97. The number of benzene rings is 2. The van der Waals surface area contributed by atoms with Crippen LogP contribution in [0.15, 0.2) is 65.1 Å². The van der Waals surface area contributed by atoms with E-state index < -0.39 is 17.1 Å². The minimum Gasteiger partial charge on any atom is -0.495 e. The number of hydrogen-bond acceptors (Lipinski definition) is 5. The van der Waals surface area contributed by atoms with Crippen LogP contribution >= 0.6 is 23.4 Å². The largest absolute Gasteiger partial charge is 0.495 e. The van der Waals surface area contributed by atoms with Gasteiger partial charge < -0.3 is 10.1 Å². The zero-order valence-electron chi connectivity index (χ0n) is 16.3. The molecule has 0 radical (unpaired) electrons. The summed E-state index contributed by atoms with van der Waals surface area (Å²) in [5, 5.41) is 2.48. The molecule has 6 nitrogen and oxygen atoms in total. The van der Waals surface area contributed by atoms with E-state index in [0.29, 0.717) is 16.5 Å². The Labute approximate surface area is 183 Å². The van der Waals surface area contributed by atoms with Gasteiger partial charge in [-0.25, -0.2) is 0 Å². The van der Waals surface area contributed by atoms with E-state index in [2.05, 4.69) is 5.32 Å². The van der Waals surface area contributed by atoms with Crippen molar-refractivity contribution in [3.8, 4) is 5.75 Å². The molecular formula is C22H19ClN2O4S. The molecule has 1 aliphatic heterocycles. The van der Waals surface area contributed by atoms with Gasteiger partial charge in [0.15, 0.2) is 0 Å². The SMILES string of the molecule is COc1ccc(NC(=O)CN2C(=O)SC(=CC(C)=Cc3ccccc3)C2=O)cc1Cl. The first kappa shape index (κ1) is 21.7. The molecule has 1 saturated heterocycles. The third kappa shape index (κ3) is 5.31. The van der Waals surface area contributed by atoms with Crippen LogP contribution in [-0.4, -0.2) is 35.6 Å². The number of ether oxygens (including phenoxy) is 1. The number of nitrogens with zero attached hydrogens (tertiary/aromatic N) is 1. The van der Waals surface area contributed by atoms with Crippen molar-refractivity contribution in [1.82, 2.24) is 4.90 Å². The Balaban J connectivity index is 1.66. The normalized spacial score (nSPS) is 15.6. The summed E-state index contributed by atoms with van der Waals surface area (Å²) in [6.45, 7) is 1.47. The zero-order chi connectivity index (χ0) is 21.7. The van der Waals surface area contributed by atoms with Crippen molar-refractivity contribution < 1.29 is 19.1 Å². The third-order valence-corrected chi connectivity index (χ3v) is 5.37. The Morgan fingerprint density at radius 2 is 1.93 bits per heavy atom. The second-order valence-electron chi connectivity index (χ2n) is 6.46. The van der Waals surface area contributed by atoms with Gasteiger partial charge in [-0.1, -0.05) is 48.0 Å². The van der Waals surface area contributed by atoms with Crippen LogP contribution in [0.1, 0.15) is 12.5 Å². The first-order valence-electron chi connectivity index (χ1n) is 8.99. The van der Waals surface area contributed by atoms with Gasteiger partial charge in [-0.15, -0.1) is 0 Å². The number of imide groups is 1. The molecule has 2 aromatic carbocycles. The molecule has 3 rings (SSSR count). The molecule has 0 aromatic heterocycles. The van der Waals surface area contributed by atoms with Crippen LogP contribution in [0.25, 0.3) is 6.08 Å². The Hall–Kier alpha value is -3.03. The van der Waals surface area contributed by atoms with Gasteiger partial charge in [0, 0.05) is 5.69 Å². The molecule has 1 fully saturated rings. The van der Waals surface area contributed by atoms with Gasteiger partial charge in [-0.3, -0.25) is 19.3 Å². The number of anilines is 1. The van der Waals surface area contributed by atoms with Gasteiger partial charge in [-0.2, -0.15) is 0 Å². The minimum atomic E-state index is -0.503. The minimum absolute atomic E-state index is 0.282. The highest BCUT2D eigenvalue weighted by Crippen LogP contribution is 2.32. The van der Waals surface area contributed by atoms with Crippen LogP contribution in [0, 0.1) is 0 Å². The van der Waals surface area contributed by atoms with E-state index in [9.17, 15) is 14.4 Å². The highest BCUT2D eigenvalue weighted by atomic mass is 35.5. The maximum Gasteiger partial charge on any atom is 0.294 e. The summed E-state index contributed by atoms with van der Waals surface area (Å²) in [5.41, 5.74) is 2.25. The molecular weight excluding hydrogens is 424 g/mol. The summed E-state index contributed by atoms with van der Waals surface area (Å²) >= 11 is 6.86. The highest BCUT2D eigenvalue weighted by molar-refractivity contribution is 8.18. The second-order valence-corrected chi connectivity index (χ2v) is 7.86. The Bertz CT molecular complexity index is 1050. The number of carbonyl (C=O) groups excluding carboxylic acids is 3. The molecule has 0 unspecified atom stereocenters. The molecule has 3 amide bonds. The smallest absolute Gasteiger partial charge is 0.294 e. The second kappa shape index (κ2) is 9.65. The van der Waals surface area contributed by atoms with Crippen LogP contribution in [-0.2, 0) is 9.59 Å². The number of methoxy groups -OCH3 is 1. The van der Waals surface area contributed by atoms with Crippen molar-refractivity contribution in [2.24, 2.45) is 0 Å². The summed E-state index contributed by atoms with van der Waals surface area (Å²) < 4.78 is 5.07. The lowest BCUT2D eigenvalue weighted by Crippen LogP contribution is -2.36. The molecule has 0 bridgehead atoms. The summed E-state index contributed by atoms with van der Waals surface area (Å²) in [5.74, 6) is -0.519. The van der Waals surface area contributed by atoms with Crippen molar-refractivity contribution in [3.05, 3.63) is 75.7 Å². The molecule has 154 valence electrons. The Morgan fingerprint density at radius 1 is 1.20 bits per heavy atom. The number of rotatable bonds is 6. The van der Waals surface area contributed by atoms with E-state index in [1.54, 1.807) is 18.2 Å². The average molecular weight is 443 g/mol. The van der Waals surface area contributed by atoms with Crippen molar-refractivity contribution in [1.29, 1.82) is 0 Å². The van der Waals surface area contributed by atoms with Gasteiger partial charge in [0.25, 0.3) is 11.1 Å². The number of allylic oxidation sites excluding steroid dienone is 2. The first-order valence-corrected chi connectivity index (χ1v) is 10.2. The van der Waals surface area contributed by atoms with E-state index >= 15 is 0 Å². The fraction of sp³-hybridized carbons (Fsp3) is 0.136. The summed E-state index contributed by atoms with van der Waals surface area (Å²) in [4.78, 5) is 38.4. The van der Waals surface area contributed by atoms with Crippen molar-refractivity contribution in [3.63, 3.8) is 0 Å². The molecule has 1 N–H and O–H groups in total.